The number of allylic oxidation sites excluding steroid dienone is 1. The molecular weight excluding hydrogens is 427 g/mol. The third-order valence-electron chi connectivity index (χ3n) is 4.67. The molecule has 6 heteroatoms. The molecule has 1 aliphatic heterocycles. The average molecular weight is 460 g/mol. The van der Waals surface area contributed by atoms with E-state index in [1.807, 2.05) is 6.92 Å². The van der Waals surface area contributed by atoms with Crippen molar-refractivity contribution in [2.75, 3.05) is 13.1 Å². The summed E-state index contributed by atoms with van der Waals surface area (Å²) in [5, 5.41) is 7.42. The Hall–Kier alpha value is -3.04. The van der Waals surface area contributed by atoms with Crippen LogP contribution in [0.4, 0.5) is 13.2 Å². The number of rotatable bonds is 2. The number of carboxylic acid groups (broad SMARTS) is 1. The van der Waals surface area contributed by atoms with E-state index in [4.69, 9.17) is 9.90 Å². The second kappa shape index (κ2) is 14.2. The van der Waals surface area contributed by atoms with Crippen LogP contribution in [0.2, 0.25) is 0 Å². The minimum Gasteiger partial charge on any atom is -0.481 e. The predicted molar refractivity (Wildman–Crippen MR) is 127 cm³/mol. The van der Waals surface area contributed by atoms with Crippen LogP contribution < -0.4 is 0 Å². The molecule has 0 saturated carbocycles. The van der Waals surface area contributed by atoms with Gasteiger partial charge in [-0.1, -0.05) is 85.0 Å². The molecule has 1 heterocycles. The lowest BCUT2D eigenvalue weighted by molar-refractivity contribution is -0.137. The highest BCUT2D eigenvalue weighted by Gasteiger charge is 2.29. The molecule has 0 aliphatic carbocycles. The minimum atomic E-state index is -4.21. The molecule has 178 valence electrons. The fraction of sp³-hybridized carbons (Fsp3) is 0.370. The van der Waals surface area contributed by atoms with Gasteiger partial charge in [-0.05, 0) is 50.9 Å². The highest BCUT2D eigenvalue weighted by molar-refractivity contribution is 5.62. The van der Waals surface area contributed by atoms with E-state index < -0.39 is 17.7 Å². The maximum absolute atomic E-state index is 11.8. The number of carboxylic acids is 1. The first-order valence-corrected chi connectivity index (χ1v) is 10.8. The molecule has 1 unspecified atom stereocenters. The number of piperidine rings is 1. The van der Waals surface area contributed by atoms with E-state index >= 15 is 0 Å². The van der Waals surface area contributed by atoms with E-state index in [1.54, 1.807) is 6.07 Å². The van der Waals surface area contributed by atoms with E-state index in [1.165, 1.54) is 42.5 Å². The Bertz CT molecular complexity index is 916. The number of aryl methyl sites for hydroxylation is 1. The SMILES string of the molecule is C=C(C)C#CC(c1ccc(C)cc1)N1CCCCC1.CC(=O)O.FC(F)(F)c1ccccc1. The first-order chi connectivity index (χ1) is 15.5. The molecule has 1 atom stereocenters. The first kappa shape index (κ1) is 28.0. The number of likely N-dealkylation sites (tertiary alicyclic amines) is 1. The standard InChI is InChI=1S/C18H23N.C7H5F3.C2H4O2/c1-15(2)7-12-18(19-13-5-4-6-14-19)17-10-8-16(3)9-11-17;8-7(9,10)6-4-2-1-3-5-6;1-2(3)4/h8-11,18H,1,4-6,13-14H2,2-3H3;1-5H;1H3,(H,3,4). The lowest BCUT2D eigenvalue weighted by Gasteiger charge is -2.31. The third-order valence-corrected chi connectivity index (χ3v) is 4.67. The van der Waals surface area contributed by atoms with Gasteiger partial charge in [-0.25, -0.2) is 0 Å². The van der Waals surface area contributed by atoms with Crippen LogP contribution in [0.25, 0.3) is 0 Å². The third kappa shape index (κ3) is 12.0. The number of halogens is 3. The van der Waals surface area contributed by atoms with Gasteiger partial charge in [0.15, 0.2) is 0 Å². The zero-order chi connectivity index (χ0) is 24.9. The van der Waals surface area contributed by atoms with Crippen LogP contribution in [-0.4, -0.2) is 29.1 Å². The summed E-state index contributed by atoms with van der Waals surface area (Å²) in [5.41, 5.74) is 2.94. The summed E-state index contributed by atoms with van der Waals surface area (Å²) >= 11 is 0. The van der Waals surface area contributed by atoms with Crippen molar-refractivity contribution < 1.29 is 23.1 Å². The lowest BCUT2D eigenvalue weighted by Crippen LogP contribution is -2.33. The molecule has 0 amide bonds. The Morgan fingerprint density at radius 1 is 1.00 bits per heavy atom. The summed E-state index contributed by atoms with van der Waals surface area (Å²) in [6.45, 7) is 11.4. The Morgan fingerprint density at radius 3 is 1.94 bits per heavy atom. The average Bonchev–Trinajstić information content (AvgIpc) is 2.76. The molecule has 1 N–H and O–H groups in total. The molecule has 33 heavy (non-hydrogen) atoms. The molecule has 0 radical (unpaired) electrons. The summed E-state index contributed by atoms with van der Waals surface area (Å²) in [6, 6.07) is 15.4. The topological polar surface area (TPSA) is 40.5 Å². The molecule has 3 rings (SSSR count). The van der Waals surface area contributed by atoms with Crippen LogP contribution in [0.15, 0.2) is 66.7 Å². The van der Waals surface area contributed by atoms with Gasteiger partial charge in [0.1, 0.15) is 0 Å². The molecule has 1 aliphatic rings. The Labute approximate surface area is 194 Å². The van der Waals surface area contributed by atoms with Crippen molar-refractivity contribution in [2.45, 2.75) is 52.3 Å². The van der Waals surface area contributed by atoms with Crippen LogP contribution in [0.3, 0.4) is 0 Å². The Balaban J connectivity index is 0.000000325. The quantitative estimate of drug-likeness (QED) is 0.497. The fourth-order valence-corrected chi connectivity index (χ4v) is 3.13. The fourth-order valence-electron chi connectivity index (χ4n) is 3.13. The molecular formula is C27H32F3NO2. The van der Waals surface area contributed by atoms with Crippen molar-refractivity contribution in [1.82, 2.24) is 4.90 Å². The maximum atomic E-state index is 11.8. The van der Waals surface area contributed by atoms with Crippen LogP contribution in [0.1, 0.15) is 55.8 Å². The second-order valence-corrected chi connectivity index (χ2v) is 7.84. The largest absolute Gasteiger partial charge is 0.481 e. The summed E-state index contributed by atoms with van der Waals surface area (Å²) in [6.07, 6.45) is -0.277. The highest BCUT2D eigenvalue weighted by Crippen LogP contribution is 2.28. The normalized spacial score (nSPS) is 14.2. The predicted octanol–water partition coefficient (Wildman–Crippen LogP) is 6.90. The zero-order valence-electron chi connectivity index (χ0n) is 19.5. The van der Waals surface area contributed by atoms with Crippen molar-refractivity contribution in [3.63, 3.8) is 0 Å². The molecule has 0 spiro atoms. The second-order valence-electron chi connectivity index (χ2n) is 7.84. The van der Waals surface area contributed by atoms with Gasteiger partial charge in [-0.3, -0.25) is 9.69 Å². The molecule has 2 aromatic rings. The van der Waals surface area contributed by atoms with E-state index in [2.05, 4.69) is 54.5 Å². The minimum absolute atomic E-state index is 0.220. The van der Waals surface area contributed by atoms with Gasteiger partial charge in [-0.15, -0.1) is 0 Å². The molecule has 3 nitrogen and oxygen atoms in total. The highest BCUT2D eigenvalue weighted by atomic mass is 19.4. The maximum Gasteiger partial charge on any atom is 0.416 e. The van der Waals surface area contributed by atoms with E-state index in [0.717, 1.165) is 37.7 Å². The van der Waals surface area contributed by atoms with Crippen LogP contribution in [0, 0.1) is 18.8 Å². The monoisotopic (exact) mass is 459 g/mol. The summed E-state index contributed by atoms with van der Waals surface area (Å²) < 4.78 is 35.4. The van der Waals surface area contributed by atoms with E-state index in [9.17, 15) is 13.2 Å². The van der Waals surface area contributed by atoms with Gasteiger partial charge in [-0.2, -0.15) is 13.2 Å². The molecule has 1 fully saturated rings. The summed E-state index contributed by atoms with van der Waals surface area (Å²) in [4.78, 5) is 11.5. The number of hydrogen-bond donors (Lipinski definition) is 1. The zero-order valence-corrected chi connectivity index (χ0v) is 19.5. The smallest absolute Gasteiger partial charge is 0.416 e. The van der Waals surface area contributed by atoms with Crippen molar-refractivity contribution in [2.24, 2.45) is 0 Å². The summed E-state index contributed by atoms with van der Waals surface area (Å²) in [5.74, 6) is 5.74. The van der Waals surface area contributed by atoms with Crippen molar-refractivity contribution >= 4 is 5.97 Å². The van der Waals surface area contributed by atoms with Gasteiger partial charge in [0.2, 0.25) is 0 Å². The number of carbonyl (C=O) groups is 1. The molecule has 0 aromatic heterocycles. The number of nitrogens with zero attached hydrogens (tertiary/aromatic N) is 1. The van der Waals surface area contributed by atoms with Crippen LogP contribution in [-0.2, 0) is 11.0 Å². The number of hydrogen-bond acceptors (Lipinski definition) is 2. The van der Waals surface area contributed by atoms with Crippen molar-refractivity contribution in [1.29, 1.82) is 0 Å². The molecule has 2 aromatic carbocycles. The summed E-state index contributed by atoms with van der Waals surface area (Å²) in [7, 11) is 0. The van der Waals surface area contributed by atoms with Crippen molar-refractivity contribution in [3.05, 3.63) is 83.4 Å². The number of alkyl halides is 3. The number of benzene rings is 2. The van der Waals surface area contributed by atoms with Gasteiger partial charge in [0.05, 0.1) is 11.6 Å². The Kier molecular flexibility index (Phi) is 12.0. The van der Waals surface area contributed by atoms with Crippen molar-refractivity contribution in [3.8, 4) is 11.8 Å². The van der Waals surface area contributed by atoms with E-state index in [-0.39, 0.29) is 6.04 Å². The lowest BCUT2D eigenvalue weighted by atomic mass is 10.0. The van der Waals surface area contributed by atoms with Gasteiger partial charge in [0, 0.05) is 6.92 Å². The molecule has 0 bridgehead atoms. The number of aliphatic carboxylic acids is 1. The van der Waals surface area contributed by atoms with Gasteiger partial charge < -0.3 is 5.11 Å². The van der Waals surface area contributed by atoms with Crippen LogP contribution in [0.5, 0.6) is 0 Å². The van der Waals surface area contributed by atoms with Gasteiger partial charge >= 0.3 is 6.18 Å². The molecule has 1 saturated heterocycles. The van der Waals surface area contributed by atoms with E-state index in [0.29, 0.717) is 0 Å². The van der Waals surface area contributed by atoms with Gasteiger partial charge in [0.25, 0.3) is 5.97 Å². The Morgan fingerprint density at radius 2 is 1.52 bits per heavy atom. The first-order valence-electron chi connectivity index (χ1n) is 10.8. The van der Waals surface area contributed by atoms with Crippen LogP contribution >= 0.6 is 0 Å².